The van der Waals surface area contributed by atoms with Crippen molar-refractivity contribution in [3.63, 3.8) is 0 Å². The number of halogens is 1. The molecule has 128 valence electrons. The van der Waals surface area contributed by atoms with Crippen molar-refractivity contribution in [3.8, 4) is 0 Å². The number of carbonyl (C=O) groups excluding carboxylic acids is 2. The van der Waals surface area contributed by atoms with E-state index in [1.54, 1.807) is 24.3 Å². The molecule has 5 nitrogen and oxygen atoms in total. The maximum atomic E-state index is 12.3. The molecule has 0 heterocycles. The first-order valence-electron chi connectivity index (χ1n) is 7.77. The third-order valence-electron chi connectivity index (χ3n) is 4.47. The van der Waals surface area contributed by atoms with Crippen molar-refractivity contribution in [2.24, 2.45) is 11.1 Å². The van der Waals surface area contributed by atoms with Gasteiger partial charge in [0.15, 0.2) is 0 Å². The van der Waals surface area contributed by atoms with Gasteiger partial charge in [0, 0.05) is 12.1 Å². The second kappa shape index (κ2) is 8.89. The van der Waals surface area contributed by atoms with Gasteiger partial charge in [0.2, 0.25) is 5.91 Å². The van der Waals surface area contributed by atoms with Crippen LogP contribution in [0.5, 0.6) is 0 Å². The van der Waals surface area contributed by atoms with Crippen molar-refractivity contribution in [1.82, 2.24) is 0 Å². The van der Waals surface area contributed by atoms with Gasteiger partial charge in [0.25, 0.3) is 0 Å². The molecule has 0 atom stereocenters. The number of hydrogen-bond donors (Lipinski definition) is 2. The molecule has 1 aliphatic rings. The summed E-state index contributed by atoms with van der Waals surface area (Å²) < 4.78 is 4.65. The molecule has 0 aliphatic heterocycles. The Balaban J connectivity index is 0.00000264. The molecule has 1 saturated carbocycles. The molecule has 1 aromatic rings. The molecule has 1 fully saturated rings. The lowest BCUT2D eigenvalue weighted by Gasteiger charge is -2.35. The Morgan fingerprint density at radius 2 is 1.78 bits per heavy atom. The zero-order valence-corrected chi connectivity index (χ0v) is 14.3. The van der Waals surface area contributed by atoms with E-state index in [0.29, 0.717) is 24.2 Å². The van der Waals surface area contributed by atoms with Crippen molar-refractivity contribution >= 4 is 30.0 Å². The maximum absolute atomic E-state index is 12.3. The van der Waals surface area contributed by atoms with E-state index in [4.69, 9.17) is 5.73 Å². The van der Waals surface area contributed by atoms with Gasteiger partial charge in [-0.15, -0.1) is 12.4 Å². The lowest BCUT2D eigenvalue weighted by molar-refractivity contribution is -0.118. The Hall–Kier alpha value is -1.59. The predicted octanol–water partition coefficient (Wildman–Crippen LogP) is 3.13. The summed E-state index contributed by atoms with van der Waals surface area (Å²) in [5, 5.41) is 2.89. The molecule has 3 N–H and O–H groups in total. The number of amides is 1. The zero-order valence-electron chi connectivity index (χ0n) is 13.5. The Kier molecular flexibility index (Phi) is 7.52. The fraction of sp³-hybridized carbons (Fsp3) is 0.529. The van der Waals surface area contributed by atoms with Crippen LogP contribution in [0.1, 0.15) is 48.9 Å². The van der Waals surface area contributed by atoms with Crippen LogP contribution in [0.4, 0.5) is 5.69 Å². The summed E-state index contributed by atoms with van der Waals surface area (Å²) in [7, 11) is 1.34. The normalized spacial score (nSPS) is 16.1. The number of anilines is 1. The van der Waals surface area contributed by atoms with Crippen molar-refractivity contribution in [1.29, 1.82) is 0 Å². The van der Waals surface area contributed by atoms with Gasteiger partial charge in [-0.3, -0.25) is 4.79 Å². The molecule has 2 rings (SSSR count). The second-order valence-electron chi connectivity index (χ2n) is 6.06. The lowest BCUT2D eigenvalue weighted by Crippen LogP contribution is -2.36. The van der Waals surface area contributed by atoms with Gasteiger partial charge in [-0.25, -0.2) is 4.79 Å². The number of esters is 1. The van der Waals surface area contributed by atoms with E-state index in [-0.39, 0.29) is 29.7 Å². The highest BCUT2D eigenvalue weighted by Crippen LogP contribution is 2.38. The Morgan fingerprint density at radius 3 is 2.30 bits per heavy atom. The van der Waals surface area contributed by atoms with Crippen LogP contribution >= 0.6 is 12.4 Å². The number of nitrogens with one attached hydrogen (secondary N) is 1. The number of carbonyl (C=O) groups is 2. The van der Waals surface area contributed by atoms with Gasteiger partial charge in [-0.05, 0) is 49.1 Å². The largest absolute Gasteiger partial charge is 0.465 e. The molecular formula is C17H25ClN2O3. The first-order chi connectivity index (χ1) is 10.6. The third kappa shape index (κ3) is 5.22. The van der Waals surface area contributed by atoms with E-state index in [2.05, 4.69) is 10.1 Å². The summed E-state index contributed by atoms with van der Waals surface area (Å²) in [6.07, 6.45) is 6.05. The van der Waals surface area contributed by atoms with Crippen LogP contribution in [-0.4, -0.2) is 25.5 Å². The van der Waals surface area contributed by atoms with Crippen molar-refractivity contribution in [2.45, 2.75) is 38.5 Å². The Labute approximate surface area is 143 Å². The van der Waals surface area contributed by atoms with Crippen molar-refractivity contribution in [2.75, 3.05) is 19.0 Å². The monoisotopic (exact) mass is 340 g/mol. The molecule has 0 spiro atoms. The van der Waals surface area contributed by atoms with Crippen molar-refractivity contribution < 1.29 is 14.3 Å². The topological polar surface area (TPSA) is 81.4 Å². The van der Waals surface area contributed by atoms with E-state index in [1.807, 2.05) is 0 Å². The standard InChI is InChI=1S/C17H24N2O3.ClH/c1-22-16(21)13-5-7-14(8-6-13)19-15(20)11-17(12-18)9-3-2-4-10-17;/h5-8H,2-4,9-12,18H2,1H3,(H,19,20);1H. The van der Waals surface area contributed by atoms with Gasteiger partial charge in [0.1, 0.15) is 0 Å². The summed E-state index contributed by atoms with van der Waals surface area (Å²) in [5.41, 5.74) is 7.01. The van der Waals surface area contributed by atoms with E-state index < -0.39 is 0 Å². The van der Waals surface area contributed by atoms with Crippen molar-refractivity contribution in [3.05, 3.63) is 29.8 Å². The molecular weight excluding hydrogens is 316 g/mol. The number of ether oxygens (including phenoxy) is 1. The minimum Gasteiger partial charge on any atom is -0.465 e. The smallest absolute Gasteiger partial charge is 0.337 e. The van der Waals surface area contributed by atoms with Crippen LogP contribution in [0, 0.1) is 5.41 Å². The minimum atomic E-state index is -0.387. The van der Waals surface area contributed by atoms with Crippen LogP contribution in [0.25, 0.3) is 0 Å². The van der Waals surface area contributed by atoms with Gasteiger partial charge in [0.05, 0.1) is 12.7 Å². The molecule has 0 bridgehead atoms. The van der Waals surface area contributed by atoms with Crippen LogP contribution < -0.4 is 11.1 Å². The molecule has 1 aliphatic carbocycles. The van der Waals surface area contributed by atoms with Crippen LogP contribution in [-0.2, 0) is 9.53 Å². The highest BCUT2D eigenvalue weighted by atomic mass is 35.5. The van der Waals surface area contributed by atoms with Gasteiger partial charge < -0.3 is 15.8 Å². The fourth-order valence-corrected chi connectivity index (χ4v) is 3.11. The SMILES string of the molecule is COC(=O)c1ccc(NC(=O)CC2(CN)CCCCC2)cc1.Cl. The summed E-state index contributed by atoms with van der Waals surface area (Å²) in [4.78, 5) is 23.6. The fourth-order valence-electron chi connectivity index (χ4n) is 3.11. The van der Waals surface area contributed by atoms with E-state index in [9.17, 15) is 9.59 Å². The first kappa shape index (κ1) is 19.5. The number of benzene rings is 1. The predicted molar refractivity (Wildman–Crippen MR) is 92.8 cm³/mol. The third-order valence-corrected chi connectivity index (χ3v) is 4.47. The zero-order chi connectivity index (χ0) is 16.0. The van der Waals surface area contributed by atoms with Crippen LogP contribution in [0.3, 0.4) is 0 Å². The highest BCUT2D eigenvalue weighted by Gasteiger charge is 2.32. The number of methoxy groups -OCH3 is 1. The molecule has 1 aromatic carbocycles. The van der Waals surface area contributed by atoms with Gasteiger partial charge >= 0.3 is 5.97 Å². The summed E-state index contributed by atoms with van der Waals surface area (Å²) >= 11 is 0. The Bertz CT molecular complexity index is 525. The quantitative estimate of drug-likeness (QED) is 0.807. The molecule has 6 heteroatoms. The molecule has 23 heavy (non-hydrogen) atoms. The maximum Gasteiger partial charge on any atom is 0.337 e. The van der Waals surface area contributed by atoms with Gasteiger partial charge in [-0.2, -0.15) is 0 Å². The van der Waals surface area contributed by atoms with E-state index >= 15 is 0 Å². The number of nitrogens with two attached hydrogens (primary N) is 1. The first-order valence-corrected chi connectivity index (χ1v) is 7.77. The highest BCUT2D eigenvalue weighted by molar-refractivity contribution is 5.93. The van der Waals surface area contributed by atoms with Gasteiger partial charge in [-0.1, -0.05) is 19.3 Å². The number of hydrogen-bond acceptors (Lipinski definition) is 4. The van der Waals surface area contributed by atoms with Crippen LogP contribution in [0.15, 0.2) is 24.3 Å². The minimum absolute atomic E-state index is 0. The molecule has 1 amide bonds. The van der Waals surface area contributed by atoms with E-state index in [0.717, 1.165) is 25.7 Å². The average molecular weight is 341 g/mol. The van der Waals surface area contributed by atoms with Crippen LogP contribution in [0.2, 0.25) is 0 Å². The molecule has 0 radical (unpaired) electrons. The average Bonchev–Trinajstić information content (AvgIpc) is 2.55. The Morgan fingerprint density at radius 1 is 1.17 bits per heavy atom. The molecule has 0 aromatic heterocycles. The summed E-state index contributed by atoms with van der Waals surface area (Å²) in [6, 6.07) is 6.70. The number of rotatable bonds is 5. The molecule has 0 unspecified atom stereocenters. The summed E-state index contributed by atoms with van der Waals surface area (Å²) in [6.45, 7) is 0.557. The van der Waals surface area contributed by atoms with E-state index in [1.165, 1.54) is 13.5 Å². The summed E-state index contributed by atoms with van der Waals surface area (Å²) in [5.74, 6) is -0.402. The lowest BCUT2D eigenvalue weighted by atomic mass is 9.71. The second-order valence-corrected chi connectivity index (χ2v) is 6.06. The molecule has 0 saturated heterocycles.